The highest BCUT2D eigenvalue weighted by molar-refractivity contribution is 7.12. The van der Waals surface area contributed by atoms with E-state index in [1.165, 1.54) is 32.8 Å². The van der Waals surface area contributed by atoms with Crippen LogP contribution in [0.25, 0.3) is 5.00 Å². The molecule has 0 aliphatic heterocycles. The average Bonchev–Trinajstić information content (AvgIpc) is 3.11. The van der Waals surface area contributed by atoms with E-state index in [-0.39, 0.29) is 24.6 Å². The van der Waals surface area contributed by atoms with Gasteiger partial charge in [-0.3, -0.25) is 0 Å². The summed E-state index contributed by atoms with van der Waals surface area (Å²) >= 11 is 1.39. The lowest BCUT2D eigenvalue weighted by atomic mass is 10.3. The van der Waals surface area contributed by atoms with Crippen LogP contribution in [0.1, 0.15) is 0 Å². The van der Waals surface area contributed by atoms with Crippen LogP contribution >= 0.6 is 11.3 Å². The fourth-order valence-corrected chi connectivity index (χ4v) is 2.42. The molecule has 2 heterocycles. The molecule has 0 spiro atoms. The van der Waals surface area contributed by atoms with E-state index in [1.54, 1.807) is 18.2 Å². The third kappa shape index (κ3) is 2.84. The SMILES string of the molecule is O=c1n(CCOc2ccccc2F)nnn1-c1cccs1. The van der Waals surface area contributed by atoms with Gasteiger partial charge in [-0.2, -0.15) is 9.36 Å². The summed E-state index contributed by atoms with van der Waals surface area (Å²) in [6.45, 7) is 0.322. The second kappa shape index (κ2) is 5.88. The van der Waals surface area contributed by atoms with Crippen molar-refractivity contribution in [2.45, 2.75) is 6.54 Å². The number of benzene rings is 1. The smallest absolute Gasteiger partial charge is 0.369 e. The maximum absolute atomic E-state index is 13.4. The predicted octanol–water partition coefficient (Wildman–Crippen LogP) is 1.71. The Balaban J connectivity index is 1.67. The van der Waals surface area contributed by atoms with E-state index in [9.17, 15) is 9.18 Å². The quantitative estimate of drug-likeness (QED) is 0.720. The first kappa shape index (κ1) is 13.5. The molecule has 0 saturated carbocycles. The lowest BCUT2D eigenvalue weighted by Crippen LogP contribution is -2.26. The molecule has 0 fully saturated rings. The molecule has 0 unspecified atom stereocenters. The Morgan fingerprint density at radius 3 is 2.81 bits per heavy atom. The van der Waals surface area contributed by atoms with Crippen LogP contribution in [0.2, 0.25) is 0 Å². The molecule has 0 saturated heterocycles. The largest absolute Gasteiger partial charge is 0.489 e. The van der Waals surface area contributed by atoms with E-state index in [1.807, 2.05) is 11.4 Å². The Morgan fingerprint density at radius 2 is 2.05 bits per heavy atom. The highest BCUT2D eigenvalue weighted by Crippen LogP contribution is 2.15. The van der Waals surface area contributed by atoms with E-state index >= 15 is 0 Å². The maximum atomic E-state index is 13.4. The van der Waals surface area contributed by atoms with Gasteiger partial charge in [0.2, 0.25) is 0 Å². The molecule has 21 heavy (non-hydrogen) atoms. The van der Waals surface area contributed by atoms with Crippen LogP contribution in [0.15, 0.2) is 46.6 Å². The first-order valence-corrected chi connectivity index (χ1v) is 7.08. The molecule has 8 heteroatoms. The van der Waals surface area contributed by atoms with E-state index in [0.717, 1.165) is 0 Å². The fourth-order valence-electron chi connectivity index (χ4n) is 1.75. The third-order valence-corrected chi connectivity index (χ3v) is 3.60. The van der Waals surface area contributed by atoms with Gasteiger partial charge in [0, 0.05) is 0 Å². The molecule has 1 aromatic carbocycles. The summed E-state index contributed by atoms with van der Waals surface area (Å²) in [6, 6.07) is 9.71. The van der Waals surface area contributed by atoms with Gasteiger partial charge >= 0.3 is 5.69 Å². The van der Waals surface area contributed by atoms with Gasteiger partial charge in [-0.1, -0.05) is 12.1 Å². The minimum absolute atomic E-state index is 0.129. The van der Waals surface area contributed by atoms with Crippen molar-refractivity contribution in [3.8, 4) is 10.8 Å². The number of halogens is 1. The molecule has 0 amide bonds. The standard InChI is InChI=1S/C13H11FN4O2S/c14-10-4-1-2-5-11(10)20-8-7-17-13(19)18(16-15-17)12-6-3-9-21-12/h1-6,9H,7-8H2. The highest BCUT2D eigenvalue weighted by Gasteiger charge is 2.09. The van der Waals surface area contributed by atoms with Crippen molar-refractivity contribution in [2.75, 3.05) is 6.61 Å². The molecule has 3 rings (SSSR count). The average molecular weight is 306 g/mol. The van der Waals surface area contributed by atoms with Crippen LogP contribution in [0.4, 0.5) is 4.39 Å². The van der Waals surface area contributed by atoms with Gasteiger partial charge in [0.1, 0.15) is 11.6 Å². The Labute approximate surface area is 123 Å². The molecule has 0 N–H and O–H groups in total. The summed E-state index contributed by atoms with van der Waals surface area (Å²) in [4.78, 5) is 12.1. The van der Waals surface area contributed by atoms with Crippen molar-refractivity contribution in [3.05, 3.63) is 58.1 Å². The zero-order valence-electron chi connectivity index (χ0n) is 10.8. The number of aromatic nitrogens is 4. The Morgan fingerprint density at radius 1 is 1.19 bits per heavy atom. The number of ether oxygens (including phenoxy) is 1. The van der Waals surface area contributed by atoms with Gasteiger partial charge < -0.3 is 4.74 Å². The molecule has 2 aromatic heterocycles. The normalized spacial score (nSPS) is 10.7. The van der Waals surface area contributed by atoms with E-state index in [2.05, 4.69) is 10.4 Å². The number of hydrogen-bond acceptors (Lipinski definition) is 5. The summed E-state index contributed by atoms with van der Waals surface area (Å²) in [5, 5.41) is 10.1. The molecule has 0 bridgehead atoms. The van der Waals surface area contributed by atoms with Crippen molar-refractivity contribution in [1.82, 2.24) is 19.8 Å². The fraction of sp³-hybridized carbons (Fsp3) is 0.154. The minimum Gasteiger partial charge on any atom is -0.489 e. The van der Waals surface area contributed by atoms with Crippen LogP contribution in [0.3, 0.4) is 0 Å². The molecule has 0 aliphatic rings. The molecule has 108 valence electrons. The molecule has 6 nitrogen and oxygen atoms in total. The number of rotatable bonds is 5. The van der Waals surface area contributed by atoms with Crippen LogP contribution in [-0.4, -0.2) is 26.4 Å². The summed E-state index contributed by atoms with van der Waals surface area (Å²) < 4.78 is 21.0. The molecule has 0 atom stereocenters. The lowest BCUT2D eigenvalue weighted by molar-refractivity contribution is 0.275. The van der Waals surface area contributed by atoms with Gasteiger partial charge in [-0.05, 0) is 40.1 Å². The van der Waals surface area contributed by atoms with Gasteiger partial charge in [-0.15, -0.1) is 11.3 Å². The zero-order chi connectivity index (χ0) is 14.7. The summed E-state index contributed by atoms with van der Waals surface area (Å²) in [6.07, 6.45) is 0. The van der Waals surface area contributed by atoms with Crippen LogP contribution in [0, 0.1) is 5.82 Å². The summed E-state index contributed by atoms with van der Waals surface area (Å²) in [5.74, 6) is -0.289. The second-order valence-corrected chi connectivity index (χ2v) is 5.05. The maximum Gasteiger partial charge on any atom is 0.369 e. The molecule has 0 aliphatic carbocycles. The Kier molecular flexibility index (Phi) is 3.78. The number of para-hydroxylation sites is 1. The van der Waals surface area contributed by atoms with Crippen LogP contribution < -0.4 is 10.4 Å². The van der Waals surface area contributed by atoms with Crippen molar-refractivity contribution in [3.63, 3.8) is 0 Å². The number of hydrogen-bond donors (Lipinski definition) is 0. The minimum atomic E-state index is -0.438. The van der Waals surface area contributed by atoms with Crippen molar-refractivity contribution >= 4 is 11.3 Å². The van der Waals surface area contributed by atoms with E-state index in [4.69, 9.17) is 4.74 Å². The van der Waals surface area contributed by atoms with E-state index in [0.29, 0.717) is 5.00 Å². The topological polar surface area (TPSA) is 61.9 Å². The lowest BCUT2D eigenvalue weighted by Gasteiger charge is -2.05. The number of thiophene rings is 1. The third-order valence-electron chi connectivity index (χ3n) is 2.75. The molecule has 3 aromatic rings. The monoisotopic (exact) mass is 306 g/mol. The number of tetrazole rings is 1. The highest BCUT2D eigenvalue weighted by atomic mass is 32.1. The van der Waals surface area contributed by atoms with Gasteiger partial charge in [0.25, 0.3) is 0 Å². The Hall–Kier alpha value is -2.48. The number of nitrogens with zero attached hydrogens (tertiary/aromatic N) is 4. The first-order valence-electron chi connectivity index (χ1n) is 6.20. The molecular formula is C13H11FN4O2S. The predicted molar refractivity (Wildman–Crippen MR) is 75.4 cm³/mol. The van der Waals surface area contributed by atoms with Crippen molar-refractivity contribution in [2.24, 2.45) is 0 Å². The summed E-state index contributed by atoms with van der Waals surface area (Å²) in [5.41, 5.74) is -0.352. The molecule has 0 radical (unpaired) electrons. The van der Waals surface area contributed by atoms with E-state index < -0.39 is 5.82 Å². The van der Waals surface area contributed by atoms with Crippen LogP contribution in [-0.2, 0) is 6.54 Å². The molecular weight excluding hydrogens is 295 g/mol. The van der Waals surface area contributed by atoms with Crippen LogP contribution in [0.5, 0.6) is 5.75 Å². The van der Waals surface area contributed by atoms with Gasteiger partial charge in [-0.25, -0.2) is 9.18 Å². The zero-order valence-corrected chi connectivity index (χ0v) is 11.7. The van der Waals surface area contributed by atoms with Crippen molar-refractivity contribution in [1.29, 1.82) is 0 Å². The van der Waals surface area contributed by atoms with Gasteiger partial charge in [0.15, 0.2) is 11.6 Å². The Bertz CT molecular complexity index is 782. The second-order valence-electron chi connectivity index (χ2n) is 4.13. The van der Waals surface area contributed by atoms with Crippen molar-refractivity contribution < 1.29 is 9.13 Å². The first-order chi connectivity index (χ1) is 10.3. The van der Waals surface area contributed by atoms with Gasteiger partial charge in [0.05, 0.1) is 6.54 Å². The summed E-state index contributed by atoms with van der Waals surface area (Å²) in [7, 11) is 0.